The standard InChI is InChI=1S/C35H40N4O5.C30H32N4O3/c1-35(2,3)44-34(41)39(24-25-8-9-31-32(22-25)43-21-20-42-31)27-12-16-37(17-13-27)18-19-38-30-7-5-4-6-28(30)29(23-33(38)40)26-10-14-36-15-11-26;35-30-20-26(23-7-11-31-12-8-23)25-3-1-2-4-27(25)34(30)16-15-33-13-9-24(10-14-33)32-21-22-5-6-28-29(19-22)37-18-17-36-28/h4-11,14-15,22-23,27H,12-13,16-21,24H2,1-3H3;1-8,11-12,19-20,24,32H,9-10,13-18,21H2. The fourth-order valence-corrected chi connectivity index (χ4v) is 11.5. The van der Waals surface area contributed by atoms with Crippen molar-refractivity contribution in [2.45, 2.75) is 90.3 Å². The number of fused-ring (bicyclic) bond motifs is 4. The third kappa shape index (κ3) is 13.4. The summed E-state index contributed by atoms with van der Waals surface area (Å²) in [6.45, 7) is 15.8. The first kappa shape index (κ1) is 54.9. The Bertz CT molecular complexity index is 3570. The third-order valence-electron chi connectivity index (χ3n) is 15.7. The van der Waals surface area contributed by atoms with Crippen LogP contribution in [-0.4, -0.2) is 123 Å². The smallest absolute Gasteiger partial charge is 0.410 e. The molecule has 8 aromatic rings. The Morgan fingerprint density at radius 2 is 1.02 bits per heavy atom. The first-order valence-electron chi connectivity index (χ1n) is 28.5. The van der Waals surface area contributed by atoms with E-state index in [0.29, 0.717) is 57.9 Å². The van der Waals surface area contributed by atoms with E-state index in [9.17, 15) is 14.4 Å². The van der Waals surface area contributed by atoms with Crippen molar-refractivity contribution < 1.29 is 28.5 Å². The highest BCUT2D eigenvalue weighted by molar-refractivity contribution is 5.95. The summed E-state index contributed by atoms with van der Waals surface area (Å²) in [5.74, 6) is 3.12. The van der Waals surface area contributed by atoms with Gasteiger partial charge in [0.1, 0.15) is 32.0 Å². The molecule has 4 aliphatic rings. The minimum Gasteiger partial charge on any atom is -0.486 e. The zero-order valence-corrected chi connectivity index (χ0v) is 46.6. The van der Waals surface area contributed by atoms with Crippen molar-refractivity contribution in [3.05, 3.63) is 178 Å². The average molecular weight is 1090 g/mol. The fourth-order valence-electron chi connectivity index (χ4n) is 11.5. The summed E-state index contributed by atoms with van der Waals surface area (Å²) in [6.07, 6.45) is 10.6. The van der Waals surface area contributed by atoms with Crippen LogP contribution in [0.25, 0.3) is 44.1 Å². The lowest BCUT2D eigenvalue weighted by Gasteiger charge is -2.39. The zero-order chi connectivity index (χ0) is 55.7. The maximum atomic E-state index is 13.4. The molecule has 0 unspecified atom stereocenters. The second-order valence-electron chi connectivity index (χ2n) is 22.2. The molecule has 4 aromatic heterocycles. The van der Waals surface area contributed by atoms with Crippen LogP contribution < -0.4 is 35.4 Å². The summed E-state index contributed by atoms with van der Waals surface area (Å²) in [5.41, 5.74) is 7.42. The van der Waals surface area contributed by atoms with Crippen LogP contribution in [0.15, 0.2) is 156 Å². The number of benzene rings is 4. The molecule has 2 fully saturated rings. The molecule has 4 aromatic carbocycles. The normalized spacial score (nSPS) is 15.9. The topological polar surface area (TPSA) is 155 Å². The Balaban J connectivity index is 0.000000173. The van der Waals surface area contributed by atoms with E-state index in [1.807, 2.05) is 114 Å². The quantitative estimate of drug-likeness (QED) is 0.110. The molecule has 0 atom stereocenters. The van der Waals surface area contributed by atoms with E-state index in [4.69, 9.17) is 23.7 Å². The van der Waals surface area contributed by atoms with Gasteiger partial charge in [-0.1, -0.05) is 48.5 Å². The van der Waals surface area contributed by atoms with Crippen molar-refractivity contribution in [1.29, 1.82) is 0 Å². The van der Waals surface area contributed by atoms with Crippen LogP contribution >= 0.6 is 0 Å². The summed E-state index contributed by atoms with van der Waals surface area (Å²) >= 11 is 0. The van der Waals surface area contributed by atoms with E-state index in [2.05, 4.69) is 55.4 Å². The summed E-state index contributed by atoms with van der Waals surface area (Å²) in [7, 11) is 0. The van der Waals surface area contributed by atoms with Crippen molar-refractivity contribution in [3.8, 4) is 45.3 Å². The lowest BCUT2D eigenvalue weighted by atomic mass is 10.0. The lowest BCUT2D eigenvalue weighted by Crippen LogP contribution is -2.49. The number of likely N-dealkylation sites (tertiary alicyclic amines) is 2. The number of ether oxygens (including phenoxy) is 5. The van der Waals surface area contributed by atoms with E-state index in [0.717, 1.165) is 138 Å². The van der Waals surface area contributed by atoms with Crippen LogP contribution in [0.2, 0.25) is 0 Å². The number of para-hydroxylation sites is 2. The van der Waals surface area contributed by atoms with E-state index >= 15 is 0 Å². The molecule has 12 rings (SSSR count). The molecule has 81 heavy (non-hydrogen) atoms. The van der Waals surface area contributed by atoms with Crippen molar-refractivity contribution in [3.63, 3.8) is 0 Å². The highest BCUT2D eigenvalue weighted by Crippen LogP contribution is 2.34. The van der Waals surface area contributed by atoms with Crippen molar-refractivity contribution >= 4 is 27.9 Å². The maximum Gasteiger partial charge on any atom is 0.410 e. The number of pyridine rings is 4. The molecule has 1 amide bonds. The van der Waals surface area contributed by atoms with Gasteiger partial charge >= 0.3 is 6.09 Å². The molecule has 0 radical (unpaired) electrons. The van der Waals surface area contributed by atoms with E-state index in [1.165, 1.54) is 5.56 Å². The molecular weight excluding hydrogens is 1020 g/mol. The predicted molar refractivity (Wildman–Crippen MR) is 315 cm³/mol. The van der Waals surface area contributed by atoms with Crippen LogP contribution in [0, 0.1) is 0 Å². The number of nitrogens with one attached hydrogen (secondary N) is 1. The van der Waals surface area contributed by atoms with Gasteiger partial charge in [-0.25, -0.2) is 4.79 Å². The molecule has 0 spiro atoms. The van der Waals surface area contributed by atoms with Gasteiger partial charge in [0.05, 0.1) is 11.0 Å². The van der Waals surface area contributed by atoms with Crippen LogP contribution in [0.3, 0.4) is 0 Å². The largest absolute Gasteiger partial charge is 0.486 e. The van der Waals surface area contributed by atoms with Gasteiger partial charge < -0.3 is 52.8 Å². The van der Waals surface area contributed by atoms with Crippen molar-refractivity contribution in [2.75, 3.05) is 65.7 Å². The number of hydrogen-bond acceptors (Lipinski definition) is 13. The molecule has 420 valence electrons. The van der Waals surface area contributed by atoms with Gasteiger partial charge in [0.25, 0.3) is 11.1 Å². The van der Waals surface area contributed by atoms with Crippen LogP contribution in [-0.2, 0) is 30.9 Å². The minimum absolute atomic E-state index is 0.0130. The summed E-state index contributed by atoms with van der Waals surface area (Å²) < 4.78 is 32.4. The number of hydrogen-bond donors (Lipinski definition) is 1. The van der Waals surface area contributed by atoms with Crippen LogP contribution in [0.4, 0.5) is 4.79 Å². The Morgan fingerprint density at radius 1 is 0.568 bits per heavy atom. The number of carbonyl (C=O) groups excluding carboxylic acids is 1. The Morgan fingerprint density at radius 3 is 1.53 bits per heavy atom. The molecule has 16 nitrogen and oxygen atoms in total. The number of piperidine rings is 2. The number of amides is 1. The Kier molecular flexibility index (Phi) is 17.1. The molecule has 0 bridgehead atoms. The van der Waals surface area contributed by atoms with Crippen molar-refractivity contribution in [1.82, 2.24) is 39.1 Å². The fraction of sp³-hybridized carbons (Fsp3) is 0.369. The van der Waals surface area contributed by atoms with Gasteiger partial charge in [-0.3, -0.25) is 19.6 Å². The molecule has 4 aliphatic heterocycles. The Labute approximate surface area is 472 Å². The number of rotatable bonds is 14. The highest BCUT2D eigenvalue weighted by Gasteiger charge is 2.32. The second kappa shape index (κ2) is 25.2. The maximum absolute atomic E-state index is 13.4. The molecule has 16 heteroatoms. The second-order valence-corrected chi connectivity index (χ2v) is 22.2. The van der Waals surface area contributed by atoms with Gasteiger partial charge in [-0.2, -0.15) is 0 Å². The monoisotopic (exact) mass is 1090 g/mol. The molecule has 1 N–H and O–H groups in total. The number of nitrogens with zero attached hydrogens (tertiary/aromatic N) is 7. The van der Waals surface area contributed by atoms with Crippen LogP contribution in [0.5, 0.6) is 23.0 Å². The third-order valence-corrected chi connectivity index (χ3v) is 15.7. The lowest BCUT2D eigenvalue weighted by molar-refractivity contribution is 0.00562. The SMILES string of the molecule is CC(C)(C)OC(=O)N(Cc1ccc2c(c1)OCCO2)C1CCN(CCn2c(=O)cc(-c3ccncc3)c3ccccc32)CC1.O=c1cc(-c2ccncc2)c2ccccc2n1CCN1CCC(NCc2ccc3c(c2)OCCO3)CC1. The highest BCUT2D eigenvalue weighted by atomic mass is 16.6. The summed E-state index contributed by atoms with van der Waals surface area (Å²) in [4.78, 5) is 54.9. The number of aromatic nitrogens is 4. The van der Waals surface area contributed by atoms with Gasteiger partial charge in [-0.05, 0) is 154 Å². The van der Waals surface area contributed by atoms with Gasteiger partial charge in [0.2, 0.25) is 0 Å². The summed E-state index contributed by atoms with van der Waals surface area (Å²) in [6, 6.07) is 40.1. The predicted octanol–water partition coefficient (Wildman–Crippen LogP) is 9.83. The molecule has 0 saturated carbocycles. The van der Waals surface area contributed by atoms with Crippen molar-refractivity contribution in [2.24, 2.45) is 0 Å². The van der Waals surface area contributed by atoms with E-state index in [-0.39, 0.29) is 23.3 Å². The number of carbonyl (C=O) groups is 1. The Hall–Kier alpha value is -8.05. The summed E-state index contributed by atoms with van der Waals surface area (Å²) in [5, 5.41) is 5.85. The first-order chi connectivity index (χ1) is 39.5. The van der Waals surface area contributed by atoms with Gasteiger partial charge in [0, 0.05) is 112 Å². The zero-order valence-electron chi connectivity index (χ0n) is 46.6. The molecule has 2 saturated heterocycles. The minimum atomic E-state index is -0.591. The van der Waals surface area contributed by atoms with E-state index < -0.39 is 5.60 Å². The molecular formula is C65H72N8O8. The molecule has 0 aliphatic carbocycles. The van der Waals surface area contributed by atoms with Gasteiger partial charge in [-0.15, -0.1) is 0 Å². The molecule has 8 heterocycles. The van der Waals surface area contributed by atoms with Crippen LogP contribution in [0.1, 0.15) is 57.6 Å². The van der Waals surface area contributed by atoms with E-state index in [1.54, 1.807) is 36.9 Å². The first-order valence-corrected chi connectivity index (χ1v) is 28.5. The van der Waals surface area contributed by atoms with Gasteiger partial charge in [0.15, 0.2) is 23.0 Å². The average Bonchev–Trinajstić information content (AvgIpc) is 3.51.